The Morgan fingerprint density at radius 1 is 1.56 bits per heavy atom. The number of anilines is 1. The number of ether oxygens (including phenoxy) is 1. The summed E-state index contributed by atoms with van der Waals surface area (Å²) in [4.78, 5) is 2.39. The Bertz CT molecular complexity index is 384. The van der Waals surface area contributed by atoms with Crippen LogP contribution < -0.4 is 10.6 Å². The van der Waals surface area contributed by atoms with Crippen LogP contribution >= 0.6 is 23.8 Å². The van der Waals surface area contributed by atoms with E-state index in [1.54, 1.807) is 13.2 Å². The van der Waals surface area contributed by atoms with Crippen molar-refractivity contribution in [2.45, 2.75) is 0 Å². The van der Waals surface area contributed by atoms with E-state index >= 15 is 0 Å². The third-order valence-corrected chi connectivity index (χ3v) is 2.72. The molecule has 1 aromatic carbocycles. The van der Waals surface area contributed by atoms with Crippen LogP contribution in [0.15, 0.2) is 18.2 Å². The molecule has 1 aromatic rings. The number of hydrogen-bond donors (Lipinski definition) is 1. The van der Waals surface area contributed by atoms with E-state index in [1.165, 1.54) is 0 Å². The second kappa shape index (κ2) is 6.03. The van der Waals surface area contributed by atoms with Crippen molar-refractivity contribution >= 4 is 34.5 Å². The zero-order chi connectivity index (χ0) is 12.1. The van der Waals surface area contributed by atoms with Gasteiger partial charge in [-0.3, -0.25) is 0 Å². The average Bonchev–Trinajstić information content (AvgIpc) is 2.25. The lowest BCUT2D eigenvalue weighted by atomic mass is 10.1. The Morgan fingerprint density at radius 3 is 2.81 bits per heavy atom. The van der Waals surface area contributed by atoms with Crippen LogP contribution in [0.1, 0.15) is 5.56 Å². The molecule has 0 aromatic heterocycles. The lowest BCUT2D eigenvalue weighted by Gasteiger charge is -2.22. The molecular formula is C11H15ClN2OS. The van der Waals surface area contributed by atoms with Gasteiger partial charge >= 0.3 is 0 Å². The maximum absolute atomic E-state index is 5.96. The van der Waals surface area contributed by atoms with Crippen molar-refractivity contribution < 1.29 is 4.74 Å². The zero-order valence-electron chi connectivity index (χ0n) is 9.37. The summed E-state index contributed by atoms with van der Waals surface area (Å²) in [6.45, 7) is 1.40. The molecule has 0 bridgehead atoms. The second-order valence-corrected chi connectivity index (χ2v) is 4.32. The first-order valence-electron chi connectivity index (χ1n) is 4.85. The highest BCUT2D eigenvalue weighted by molar-refractivity contribution is 7.80. The fourth-order valence-electron chi connectivity index (χ4n) is 1.38. The van der Waals surface area contributed by atoms with E-state index < -0.39 is 0 Å². The summed E-state index contributed by atoms with van der Waals surface area (Å²) in [5.74, 6) is 0. The summed E-state index contributed by atoms with van der Waals surface area (Å²) in [5.41, 5.74) is 7.42. The molecule has 5 heteroatoms. The van der Waals surface area contributed by atoms with Gasteiger partial charge in [0, 0.05) is 37.0 Å². The summed E-state index contributed by atoms with van der Waals surface area (Å²) in [5, 5.41) is 0.666. The predicted molar refractivity (Wildman–Crippen MR) is 72.5 cm³/mol. The van der Waals surface area contributed by atoms with E-state index in [1.807, 2.05) is 24.1 Å². The molecule has 88 valence electrons. The molecule has 1 rings (SSSR count). The normalized spacial score (nSPS) is 10.2. The van der Waals surface area contributed by atoms with Gasteiger partial charge in [-0.2, -0.15) is 0 Å². The van der Waals surface area contributed by atoms with Crippen LogP contribution in [0.2, 0.25) is 5.02 Å². The number of methoxy groups -OCH3 is 1. The number of thiocarbonyl (C=S) groups is 1. The molecule has 0 unspecified atom stereocenters. The third-order valence-electron chi connectivity index (χ3n) is 2.27. The number of hydrogen-bond acceptors (Lipinski definition) is 3. The lowest BCUT2D eigenvalue weighted by molar-refractivity contribution is 0.206. The quantitative estimate of drug-likeness (QED) is 0.821. The molecule has 0 atom stereocenters. The number of nitrogens with zero attached hydrogens (tertiary/aromatic N) is 1. The molecule has 0 fully saturated rings. The van der Waals surface area contributed by atoms with Crippen molar-refractivity contribution in [3.63, 3.8) is 0 Å². The number of halogens is 1. The molecule has 3 nitrogen and oxygen atoms in total. The van der Waals surface area contributed by atoms with Crippen molar-refractivity contribution in [3.8, 4) is 0 Å². The van der Waals surface area contributed by atoms with Gasteiger partial charge in [0.05, 0.1) is 6.61 Å². The Hall–Kier alpha value is -0.840. The van der Waals surface area contributed by atoms with Crippen LogP contribution in [0.3, 0.4) is 0 Å². The van der Waals surface area contributed by atoms with Crippen molar-refractivity contribution in [2.75, 3.05) is 32.2 Å². The van der Waals surface area contributed by atoms with Gasteiger partial charge in [-0.15, -0.1) is 0 Å². The largest absolute Gasteiger partial charge is 0.389 e. The van der Waals surface area contributed by atoms with Crippen LogP contribution in [0.5, 0.6) is 0 Å². The van der Waals surface area contributed by atoms with Gasteiger partial charge < -0.3 is 15.4 Å². The Labute approximate surface area is 106 Å². The highest BCUT2D eigenvalue weighted by Gasteiger charge is 2.10. The van der Waals surface area contributed by atoms with Gasteiger partial charge in [-0.05, 0) is 18.2 Å². The number of nitrogens with two attached hydrogens (primary N) is 1. The first-order valence-corrected chi connectivity index (χ1v) is 5.64. The molecule has 2 N–H and O–H groups in total. The summed E-state index contributed by atoms with van der Waals surface area (Å²) >= 11 is 11.0. The lowest BCUT2D eigenvalue weighted by Crippen LogP contribution is -2.25. The predicted octanol–water partition coefficient (Wildman–Crippen LogP) is 2.06. The standard InChI is InChI=1S/C11H15ClN2OS/c1-14(5-6-15-2)10-7-8(12)3-4-9(10)11(13)16/h3-4,7H,5-6H2,1-2H3,(H2,13,16). The third kappa shape index (κ3) is 3.33. The maximum atomic E-state index is 5.96. The molecule has 16 heavy (non-hydrogen) atoms. The smallest absolute Gasteiger partial charge is 0.106 e. The Morgan fingerprint density at radius 2 is 2.25 bits per heavy atom. The van der Waals surface area contributed by atoms with Crippen LogP contribution in [0, 0.1) is 0 Å². The molecule has 0 aliphatic heterocycles. The number of rotatable bonds is 5. The summed E-state index contributed by atoms with van der Waals surface area (Å²) in [7, 11) is 3.62. The molecule has 0 saturated heterocycles. The minimum absolute atomic E-state index is 0.371. The molecular weight excluding hydrogens is 244 g/mol. The number of likely N-dealkylation sites (N-methyl/N-ethyl adjacent to an activating group) is 1. The zero-order valence-corrected chi connectivity index (χ0v) is 10.9. The summed E-state index contributed by atoms with van der Waals surface area (Å²) in [6.07, 6.45) is 0. The van der Waals surface area contributed by atoms with Gasteiger partial charge in [-0.1, -0.05) is 23.8 Å². The molecule has 0 aliphatic rings. The monoisotopic (exact) mass is 258 g/mol. The summed E-state index contributed by atoms with van der Waals surface area (Å²) in [6, 6.07) is 5.47. The van der Waals surface area contributed by atoms with Gasteiger partial charge in [0.25, 0.3) is 0 Å². The van der Waals surface area contributed by atoms with Crippen molar-refractivity contribution in [3.05, 3.63) is 28.8 Å². The highest BCUT2D eigenvalue weighted by atomic mass is 35.5. The van der Waals surface area contributed by atoms with E-state index in [2.05, 4.69) is 0 Å². The van der Waals surface area contributed by atoms with Crippen molar-refractivity contribution in [2.24, 2.45) is 5.73 Å². The van der Waals surface area contributed by atoms with Gasteiger partial charge in [-0.25, -0.2) is 0 Å². The maximum Gasteiger partial charge on any atom is 0.106 e. The van der Waals surface area contributed by atoms with Crippen LogP contribution in [0.4, 0.5) is 5.69 Å². The minimum atomic E-state index is 0.371. The topological polar surface area (TPSA) is 38.5 Å². The van der Waals surface area contributed by atoms with Crippen molar-refractivity contribution in [1.29, 1.82) is 0 Å². The average molecular weight is 259 g/mol. The van der Waals surface area contributed by atoms with Gasteiger partial charge in [0.2, 0.25) is 0 Å². The van der Waals surface area contributed by atoms with Crippen LogP contribution in [0.25, 0.3) is 0 Å². The van der Waals surface area contributed by atoms with E-state index in [4.69, 9.17) is 34.3 Å². The van der Waals surface area contributed by atoms with Crippen LogP contribution in [-0.2, 0) is 4.74 Å². The Kier molecular flexibility index (Phi) is 4.99. The molecule has 0 spiro atoms. The Balaban J connectivity index is 2.99. The fraction of sp³-hybridized carbons (Fsp3) is 0.364. The summed E-state index contributed by atoms with van der Waals surface area (Å²) < 4.78 is 5.03. The highest BCUT2D eigenvalue weighted by Crippen LogP contribution is 2.23. The molecule has 0 radical (unpaired) electrons. The minimum Gasteiger partial charge on any atom is -0.389 e. The van der Waals surface area contributed by atoms with E-state index in [0.717, 1.165) is 17.8 Å². The fourth-order valence-corrected chi connectivity index (χ4v) is 1.72. The van der Waals surface area contributed by atoms with E-state index in [9.17, 15) is 0 Å². The SMILES string of the molecule is COCCN(C)c1cc(Cl)ccc1C(N)=S. The first-order chi connectivity index (χ1) is 7.56. The second-order valence-electron chi connectivity index (χ2n) is 3.44. The molecule has 0 amide bonds. The molecule has 0 saturated carbocycles. The van der Waals surface area contributed by atoms with Crippen molar-refractivity contribution in [1.82, 2.24) is 0 Å². The molecule has 0 aliphatic carbocycles. The van der Waals surface area contributed by atoms with E-state index in [-0.39, 0.29) is 0 Å². The van der Waals surface area contributed by atoms with Gasteiger partial charge in [0.15, 0.2) is 0 Å². The number of benzene rings is 1. The van der Waals surface area contributed by atoms with Gasteiger partial charge in [0.1, 0.15) is 4.99 Å². The first kappa shape index (κ1) is 13.2. The van der Waals surface area contributed by atoms with E-state index in [0.29, 0.717) is 16.6 Å². The van der Waals surface area contributed by atoms with Crippen LogP contribution in [-0.4, -0.2) is 32.3 Å². The molecule has 0 heterocycles.